The van der Waals surface area contributed by atoms with E-state index in [1.54, 1.807) is 6.07 Å². The molecule has 0 aromatic carbocycles. The van der Waals surface area contributed by atoms with Crippen molar-refractivity contribution in [2.24, 2.45) is 5.92 Å². The van der Waals surface area contributed by atoms with Crippen LogP contribution < -0.4 is 0 Å². The number of carboxylic acids is 1. The molecule has 1 aromatic rings. The zero-order valence-corrected chi connectivity index (χ0v) is 10.6. The quantitative estimate of drug-likeness (QED) is 0.930. The molecule has 82 valence electrons. The summed E-state index contributed by atoms with van der Waals surface area (Å²) in [7, 11) is 0. The number of hydrogen-bond donors (Lipinski definition) is 1. The van der Waals surface area contributed by atoms with E-state index in [0.717, 1.165) is 16.8 Å². The van der Waals surface area contributed by atoms with Crippen LogP contribution in [0.3, 0.4) is 0 Å². The molecule has 0 saturated carbocycles. The number of rotatable bonds is 3. The summed E-state index contributed by atoms with van der Waals surface area (Å²) in [5.74, 6) is 2.11. The van der Waals surface area contributed by atoms with Crippen molar-refractivity contribution < 1.29 is 9.90 Å². The summed E-state index contributed by atoms with van der Waals surface area (Å²) < 4.78 is 2.67. The molecule has 2 heterocycles. The normalized spacial score (nSPS) is 20.7. The third kappa shape index (κ3) is 2.58. The van der Waals surface area contributed by atoms with Gasteiger partial charge in [-0.2, -0.15) is 11.8 Å². The third-order valence-corrected chi connectivity index (χ3v) is 4.23. The topological polar surface area (TPSA) is 42.2 Å². The van der Waals surface area contributed by atoms with Gasteiger partial charge in [-0.1, -0.05) is 0 Å². The third-order valence-electron chi connectivity index (χ3n) is 2.56. The van der Waals surface area contributed by atoms with Crippen molar-refractivity contribution in [2.45, 2.75) is 13.0 Å². The van der Waals surface area contributed by atoms with Gasteiger partial charge in [0.25, 0.3) is 0 Å². The lowest BCUT2D eigenvalue weighted by atomic mass is 10.1. The van der Waals surface area contributed by atoms with E-state index in [9.17, 15) is 4.79 Å². The van der Waals surface area contributed by atoms with E-state index in [2.05, 4.69) is 15.9 Å². The summed E-state index contributed by atoms with van der Waals surface area (Å²) in [6.07, 6.45) is 3.05. The Balaban J connectivity index is 2.15. The van der Waals surface area contributed by atoms with Crippen LogP contribution in [0.5, 0.6) is 0 Å². The Hall–Kier alpha value is -0.420. The molecule has 3 nitrogen and oxygen atoms in total. The zero-order chi connectivity index (χ0) is 10.8. The standard InChI is InChI=1S/C10H12BrNO2S/c11-8-3-9(10(13)14)12(5-8)4-7-1-2-15-6-7/h3,5,7H,1-2,4,6H2,(H,13,14). The van der Waals surface area contributed by atoms with Crippen LogP contribution in [-0.2, 0) is 6.54 Å². The molecule has 1 saturated heterocycles. The summed E-state index contributed by atoms with van der Waals surface area (Å²) in [6.45, 7) is 0.820. The highest BCUT2D eigenvalue weighted by atomic mass is 79.9. The molecule has 0 spiro atoms. The Labute approximate surface area is 101 Å². The van der Waals surface area contributed by atoms with E-state index in [0.29, 0.717) is 11.6 Å². The molecule has 1 aromatic heterocycles. The molecule has 5 heteroatoms. The number of nitrogens with zero attached hydrogens (tertiary/aromatic N) is 1. The van der Waals surface area contributed by atoms with Crippen molar-refractivity contribution in [3.05, 3.63) is 22.4 Å². The maximum Gasteiger partial charge on any atom is 0.352 e. The first kappa shape index (κ1) is 11.1. The first-order valence-electron chi connectivity index (χ1n) is 4.83. The van der Waals surface area contributed by atoms with Gasteiger partial charge in [0.15, 0.2) is 0 Å². The molecule has 15 heavy (non-hydrogen) atoms. The van der Waals surface area contributed by atoms with Gasteiger partial charge in [0.2, 0.25) is 0 Å². The predicted octanol–water partition coefficient (Wildman–Crippen LogP) is 2.70. The van der Waals surface area contributed by atoms with Gasteiger partial charge in [-0.3, -0.25) is 0 Å². The van der Waals surface area contributed by atoms with Crippen LogP contribution in [0.1, 0.15) is 16.9 Å². The molecule has 1 N–H and O–H groups in total. The second-order valence-corrected chi connectivity index (χ2v) is 5.80. The van der Waals surface area contributed by atoms with Crippen LogP contribution in [0.15, 0.2) is 16.7 Å². The average molecular weight is 290 g/mol. The van der Waals surface area contributed by atoms with Crippen molar-refractivity contribution in [1.29, 1.82) is 0 Å². The Kier molecular flexibility index (Phi) is 3.41. The smallest absolute Gasteiger partial charge is 0.352 e. The minimum atomic E-state index is -0.855. The summed E-state index contributed by atoms with van der Waals surface area (Å²) in [5, 5.41) is 9.01. The van der Waals surface area contributed by atoms with Crippen molar-refractivity contribution in [3.8, 4) is 0 Å². The Bertz CT molecular complexity index is 371. The maximum atomic E-state index is 11.0. The number of aromatic nitrogens is 1. The lowest BCUT2D eigenvalue weighted by Gasteiger charge is -2.11. The molecule has 0 aliphatic carbocycles. The second kappa shape index (κ2) is 4.61. The van der Waals surface area contributed by atoms with E-state index in [-0.39, 0.29) is 0 Å². The minimum absolute atomic E-state index is 0.374. The van der Waals surface area contributed by atoms with Crippen LogP contribution >= 0.6 is 27.7 Å². The molecule has 0 bridgehead atoms. The van der Waals surface area contributed by atoms with E-state index < -0.39 is 5.97 Å². The fourth-order valence-electron chi connectivity index (χ4n) is 1.81. The van der Waals surface area contributed by atoms with Gasteiger partial charge < -0.3 is 9.67 Å². The van der Waals surface area contributed by atoms with E-state index >= 15 is 0 Å². The molecular weight excluding hydrogens is 278 g/mol. The summed E-state index contributed by atoms with van der Waals surface area (Å²) in [6, 6.07) is 1.66. The van der Waals surface area contributed by atoms with Gasteiger partial charge in [0, 0.05) is 17.2 Å². The average Bonchev–Trinajstić information content (AvgIpc) is 2.75. The van der Waals surface area contributed by atoms with Crippen molar-refractivity contribution in [2.75, 3.05) is 11.5 Å². The molecule has 2 rings (SSSR count). The molecule has 1 unspecified atom stereocenters. The molecular formula is C10H12BrNO2S. The van der Waals surface area contributed by atoms with E-state index in [4.69, 9.17) is 5.11 Å². The van der Waals surface area contributed by atoms with Crippen LogP contribution in [0, 0.1) is 5.92 Å². The van der Waals surface area contributed by atoms with Crippen LogP contribution in [0.4, 0.5) is 0 Å². The zero-order valence-electron chi connectivity index (χ0n) is 8.15. The molecule has 1 atom stereocenters. The lowest BCUT2D eigenvalue weighted by Crippen LogP contribution is -2.14. The number of thioether (sulfide) groups is 1. The number of hydrogen-bond acceptors (Lipinski definition) is 2. The van der Waals surface area contributed by atoms with Crippen molar-refractivity contribution in [1.82, 2.24) is 4.57 Å². The number of halogens is 1. The largest absolute Gasteiger partial charge is 0.477 e. The van der Waals surface area contributed by atoms with Gasteiger partial charge in [-0.15, -0.1) is 0 Å². The van der Waals surface area contributed by atoms with Crippen LogP contribution in [-0.4, -0.2) is 27.1 Å². The number of aromatic carboxylic acids is 1. The summed E-state index contributed by atoms with van der Waals surface area (Å²) in [5.41, 5.74) is 0.374. The molecule has 0 amide bonds. The fourth-order valence-corrected chi connectivity index (χ4v) is 3.55. The SMILES string of the molecule is O=C(O)c1cc(Br)cn1CC1CCSC1. The van der Waals surface area contributed by atoms with Gasteiger partial charge in [0.1, 0.15) is 5.69 Å². The van der Waals surface area contributed by atoms with Gasteiger partial charge in [-0.05, 0) is 45.8 Å². The number of carboxylic acid groups (broad SMARTS) is 1. The predicted molar refractivity (Wildman–Crippen MR) is 64.5 cm³/mol. The second-order valence-electron chi connectivity index (χ2n) is 3.73. The highest BCUT2D eigenvalue weighted by Crippen LogP contribution is 2.26. The summed E-state index contributed by atoms with van der Waals surface area (Å²) in [4.78, 5) is 11.0. The highest BCUT2D eigenvalue weighted by molar-refractivity contribution is 9.10. The minimum Gasteiger partial charge on any atom is -0.477 e. The Morgan fingerprint density at radius 2 is 2.53 bits per heavy atom. The first-order valence-corrected chi connectivity index (χ1v) is 6.78. The van der Waals surface area contributed by atoms with Crippen molar-refractivity contribution >= 4 is 33.7 Å². The molecule has 0 radical (unpaired) electrons. The number of carbonyl (C=O) groups is 1. The molecule has 1 aliphatic rings. The summed E-state index contributed by atoms with van der Waals surface area (Å²) >= 11 is 5.26. The van der Waals surface area contributed by atoms with Crippen LogP contribution in [0.2, 0.25) is 0 Å². The fraction of sp³-hybridized carbons (Fsp3) is 0.500. The first-order chi connectivity index (χ1) is 7.16. The van der Waals surface area contributed by atoms with Gasteiger partial charge >= 0.3 is 5.97 Å². The van der Waals surface area contributed by atoms with Gasteiger partial charge in [-0.25, -0.2) is 4.79 Å². The molecule has 1 aliphatic heterocycles. The maximum absolute atomic E-state index is 11.0. The Morgan fingerprint density at radius 1 is 1.73 bits per heavy atom. The van der Waals surface area contributed by atoms with E-state index in [1.165, 1.54) is 12.2 Å². The highest BCUT2D eigenvalue weighted by Gasteiger charge is 2.19. The Morgan fingerprint density at radius 3 is 3.13 bits per heavy atom. The monoisotopic (exact) mass is 289 g/mol. The van der Waals surface area contributed by atoms with Gasteiger partial charge in [0.05, 0.1) is 0 Å². The lowest BCUT2D eigenvalue weighted by molar-refractivity contribution is 0.0684. The molecule has 1 fully saturated rings. The van der Waals surface area contributed by atoms with Crippen LogP contribution in [0.25, 0.3) is 0 Å². The van der Waals surface area contributed by atoms with Crippen molar-refractivity contribution in [3.63, 3.8) is 0 Å². The van der Waals surface area contributed by atoms with E-state index in [1.807, 2.05) is 22.5 Å².